The predicted molar refractivity (Wildman–Crippen MR) is 130 cm³/mol. The van der Waals surface area contributed by atoms with Crippen LogP contribution < -0.4 is 35.7 Å². The van der Waals surface area contributed by atoms with Gasteiger partial charge in [0.15, 0.2) is 11.5 Å². The van der Waals surface area contributed by atoms with Crippen LogP contribution in [-0.4, -0.2) is 50.7 Å². The van der Waals surface area contributed by atoms with E-state index in [4.69, 9.17) is 30.4 Å². The van der Waals surface area contributed by atoms with E-state index in [1.165, 1.54) is 25.8 Å². The molecule has 0 saturated carbocycles. The Hall–Kier alpha value is -3.83. The number of benzene rings is 2. The maximum atomic E-state index is 12.5. The Morgan fingerprint density at radius 2 is 1.62 bits per heavy atom. The number of primary amides is 1. The quantitative estimate of drug-likeness (QED) is 0.396. The summed E-state index contributed by atoms with van der Waals surface area (Å²) in [6.45, 7) is 0. The third-order valence-electron chi connectivity index (χ3n) is 5.03. The van der Waals surface area contributed by atoms with E-state index in [2.05, 4.69) is 9.69 Å². The average Bonchev–Trinajstić information content (AvgIpc) is 3.32. The molecule has 1 atom stereocenters. The molecule has 11 heteroatoms. The van der Waals surface area contributed by atoms with Crippen molar-refractivity contribution in [2.24, 2.45) is 11.5 Å². The number of nitrogens with zero attached hydrogens (tertiary/aromatic N) is 1. The van der Waals surface area contributed by atoms with Crippen LogP contribution in [-0.2, 0) is 9.59 Å². The first-order valence-corrected chi connectivity index (χ1v) is 10.9. The van der Waals surface area contributed by atoms with Crippen molar-refractivity contribution in [3.05, 3.63) is 35.7 Å². The molecule has 34 heavy (non-hydrogen) atoms. The van der Waals surface area contributed by atoms with Gasteiger partial charge < -0.3 is 35.7 Å². The molecule has 0 unspecified atom stereocenters. The molecule has 0 aliphatic rings. The molecule has 0 aliphatic carbocycles. The van der Waals surface area contributed by atoms with Crippen molar-refractivity contribution in [1.82, 2.24) is 4.37 Å². The van der Waals surface area contributed by atoms with Crippen molar-refractivity contribution in [3.63, 3.8) is 0 Å². The number of anilines is 1. The second kappa shape index (κ2) is 10.9. The second-order valence-corrected chi connectivity index (χ2v) is 7.80. The molecule has 2 aromatic carbocycles. The Kier molecular flexibility index (Phi) is 7.92. The van der Waals surface area contributed by atoms with Gasteiger partial charge in [0.25, 0.3) is 0 Å². The first kappa shape index (κ1) is 24.8. The van der Waals surface area contributed by atoms with Crippen LogP contribution in [0.3, 0.4) is 0 Å². The lowest BCUT2D eigenvalue weighted by Crippen LogP contribution is -2.39. The van der Waals surface area contributed by atoms with Gasteiger partial charge >= 0.3 is 0 Å². The number of carbonyl (C=O) groups is 2. The monoisotopic (exact) mass is 486 g/mol. The van der Waals surface area contributed by atoms with Crippen molar-refractivity contribution < 1.29 is 28.5 Å². The molecule has 1 aromatic heterocycles. The maximum absolute atomic E-state index is 12.5. The van der Waals surface area contributed by atoms with E-state index in [1.807, 2.05) is 23.6 Å². The zero-order valence-electron chi connectivity index (χ0n) is 19.2. The highest BCUT2D eigenvalue weighted by Crippen LogP contribution is 2.44. The molecule has 10 nitrogen and oxygen atoms in total. The van der Waals surface area contributed by atoms with Crippen molar-refractivity contribution in [3.8, 4) is 45.4 Å². The first-order chi connectivity index (χ1) is 16.3. The molecule has 3 rings (SSSR count). The average molecular weight is 487 g/mol. The summed E-state index contributed by atoms with van der Waals surface area (Å²) in [7, 11) is 6.12. The van der Waals surface area contributed by atoms with Crippen molar-refractivity contribution in [2.45, 2.75) is 12.5 Å². The van der Waals surface area contributed by atoms with Gasteiger partial charge in [-0.3, -0.25) is 9.59 Å². The highest BCUT2D eigenvalue weighted by atomic mass is 32.1. The van der Waals surface area contributed by atoms with E-state index in [0.29, 0.717) is 34.4 Å². The van der Waals surface area contributed by atoms with Crippen molar-refractivity contribution in [2.75, 3.05) is 33.8 Å². The van der Waals surface area contributed by atoms with E-state index in [1.54, 1.807) is 26.4 Å². The number of hydrogen-bond acceptors (Lipinski definition) is 9. The topological polar surface area (TPSA) is 148 Å². The summed E-state index contributed by atoms with van der Waals surface area (Å²) in [4.78, 5) is 23.6. The smallest absolute Gasteiger partial charge is 0.241 e. The molecule has 3 aromatic rings. The minimum absolute atomic E-state index is 0.270. The number of amides is 2. The Morgan fingerprint density at radius 3 is 2.18 bits per heavy atom. The van der Waals surface area contributed by atoms with E-state index >= 15 is 0 Å². The van der Waals surface area contributed by atoms with E-state index < -0.39 is 17.9 Å². The Bertz CT molecular complexity index is 1170. The van der Waals surface area contributed by atoms with Crippen LogP contribution >= 0.6 is 11.5 Å². The highest BCUT2D eigenvalue weighted by molar-refractivity contribution is 7.04. The van der Waals surface area contributed by atoms with E-state index in [0.717, 1.165) is 16.7 Å². The zero-order valence-corrected chi connectivity index (χ0v) is 20.0. The molecule has 0 radical (unpaired) electrons. The summed E-state index contributed by atoms with van der Waals surface area (Å²) in [6.07, 6.45) is -0.270. The van der Waals surface area contributed by atoms with E-state index in [9.17, 15) is 9.59 Å². The molecule has 2 amide bonds. The largest absolute Gasteiger partial charge is 0.495 e. The number of nitrogens with one attached hydrogen (secondary N) is 1. The molecular formula is C23H26N4O6S. The highest BCUT2D eigenvalue weighted by Gasteiger charge is 2.21. The van der Waals surface area contributed by atoms with Crippen molar-refractivity contribution >= 4 is 29.0 Å². The van der Waals surface area contributed by atoms with Crippen LogP contribution in [0.1, 0.15) is 6.42 Å². The van der Waals surface area contributed by atoms with Crippen LogP contribution in [0.2, 0.25) is 0 Å². The molecule has 0 saturated heterocycles. The summed E-state index contributed by atoms with van der Waals surface area (Å²) in [5.41, 5.74) is 14.4. The molecule has 5 N–H and O–H groups in total. The summed E-state index contributed by atoms with van der Waals surface area (Å²) < 4.78 is 26.3. The van der Waals surface area contributed by atoms with E-state index in [-0.39, 0.29) is 6.42 Å². The third-order valence-corrected chi connectivity index (χ3v) is 5.66. The molecule has 0 fully saturated rings. The van der Waals surface area contributed by atoms with Gasteiger partial charge in [0.2, 0.25) is 17.6 Å². The molecular weight excluding hydrogens is 460 g/mol. The summed E-state index contributed by atoms with van der Waals surface area (Å²) in [5, 5.41) is 4.60. The minimum atomic E-state index is -1.08. The van der Waals surface area contributed by atoms with Crippen LogP contribution in [0.4, 0.5) is 5.69 Å². The summed E-state index contributed by atoms with van der Waals surface area (Å²) >= 11 is 1.28. The second-order valence-electron chi connectivity index (χ2n) is 7.17. The van der Waals surface area contributed by atoms with Crippen LogP contribution in [0.15, 0.2) is 35.7 Å². The number of rotatable bonds is 10. The molecule has 180 valence electrons. The number of nitrogens with two attached hydrogens (primary N) is 2. The normalized spacial score (nSPS) is 11.4. The number of hydrogen-bond donors (Lipinski definition) is 3. The van der Waals surface area contributed by atoms with Gasteiger partial charge in [-0.05, 0) is 41.4 Å². The lowest BCUT2D eigenvalue weighted by molar-refractivity contribution is -0.123. The summed E-state index contributed by atoms with van der Waals surface area (Å²) in [5.74, 6) is 0.697. The fourth-order valence-corrected chi connectivity index (χ4v) is 4.09. The third kappa shape index (κ3) is 5.21. The number of aromatic nitrogens is 1. The summed E-state index contributed by atoms with van der Waals surface area (Å²) in [6, 6.07) is 7.87. The Balaban J connectivity index is 2.02. The first-order valence-electron chi connectivity index (χ1n) is 10.1. The van der Waals surface area contributed by atoms with Gasteiger partial charge in [-0.15, -0.1) is 0 Å². The number of methoxy groups -OCH3 is 4. The lowest BCUT2D eigenvalue weighted by atomic mass is 10.0. The van der Waals surface area contributed by atoms with Gasteiger partial charge in [0.05, 0.1) is 52.3 Å². The van der Waals surface area contributed by atoms with Gasteiger partial charge in [-0.25, -0.2) is 0 Å². The fraction of sp³-hybridized carbons (Fsp3) is 0.261. The molecule has 0 aliphatic heterocycles. The van der Waals surface area contributed by atoms with Gasteiger partial charge in [-0.1, -0.05) is 6.07 Å². The Morgan fingerprint density at radius 1 is 0.971 bits per heavy atom. The van der Waals surface area contributed by atoms with Crippen LogP contribution in [0.25, 0.3) is 22.4 Å². The number of carbonyl (C=O) groups excluding carboxylic acids is 2. The fourth-order valence-electron chi connectivity index (χ4n) is 3.38. The minimum Gasteiger partial charge on any atom is -0.495 e. The molecule has 0 bridgehead atoms. The lowest BCUT2D eigenvalue weighted by Gasteiger charge is -2.16. The van der Waals surface area contributed by atoms with Crippen molar-refractivity contribution in [1.29, 1.82) is 0 Å². The van der Waals surface area contributed by atoms with Crippen LogP contribution in [0.5, 0.6) is 23.0 Å². The molecule has 0 spiro atoms. The van der Waals surface area contributed by atoms with Gasteiger partial charge in [0.1, 0.15) is 5.75 Å². The maximum Gasteiger partial charge on any atom is 0.241 e. The van der Waals surface area contributed by atoms with Gasteiger partial charge in [0, 0.05) is 16.5 Å². The Labute approximate surface area is 200 Å². The predicted octanol–water partition coefficient (Wildman–Crippen LogP) is 2.65. The SMILES string of the molecule is COc1ccc(-c2csnc2-c2cc(OC)c(OC)c(OC)c2)cc1NC(=O)[C@H](N)CC(N)=O. The van der Waals surface area contributed by atoms with Crippen LogP contribution in [0, 0.1) is 0 Å². The van der Waals surface area contributed by atoms with Gasteiger partial charge in [-0.2, -0.15) is 4.37 Å². The molecule has 1 heterocycles. The standard InChI is InChI=1S/C23H26N4O6S/c1-30-17-6-5-12(7-16(17)26-23(29)15(24)10-20(25)28)14-11-34-27-21(14)13-8-18(31-2)22(33-4)19(9-13)32-3/h5-9,11,15H,10,24H2,1-4H3,(H2,25,28)(H,26,29)/t15-/m1/s1. The number of ether oxygens (including phenoxy) is 4. The zero-order chi connectivity index (χ0) is 24.8.